The molecule has 0 unspecified atom stereocenters. The zero-order valence-electron chi connectivity index (χ0n) is 17.5. The van der Waals surface area contributed by atoms with E-state index in [0.717, 1.165) is 37.5 Å². The monoisotopic (exact) mass is 424 g/mol. The molecule has 162 valence electrons. The highest BCUT2D eigenvalue weighted by Gasteiger charge is 2.20. The number of benzene rings is 2. The molecule has 31 heavy (non-hydrogen) atoms. The Kier molecular flexibility index (Phi) is 6.45. The van der Waals surface area contributed by atoms with Crippen LogP contribution in [0.4, 0.5) is 10.1 Å². The standard InChI is InChI=1S/C23H25FN4O3/c1-30-20-9-7-19(8-10-20)27-13-2-14-28(16-15-27)22(29)12-11-21-25-23(26-31-21)17-3-5-18(24)6-4-17/h3-10H,2,11-16H2,1H3. The van der Waals surface area contributed by atoms with Crippen LogP contribution in [0.3, 0.4) is 0 Å². The van der Waals surface area contributed by atoms with E-state index in [1.807, 2.05) is 29.2 Å². The van der Waals surface area contributed by atoms with Gasteiger partial charge < -0.3 is 19.1 Å². The van der Waals surface area contributed by atoms with Gasteiger partial charge in [0.2, 0.25) is 17.6 Å². The highest BCUT2D eigenvalue weighted by Crippen LogP contribution is 2.21. The summed E-state index contributed by atoms with van der Waals surface area (Å²) >= 11 is 0. The molecule has 0 bridgehead atoms. The molecule has 0 saturated carbocycles. The summed E-state index contributed by atoms with van der Waals surface area (Å²) in [5.74, 6) is 1.40. The Labute approximate surface area is 180 Å². The zero-order valence-corrected chi connectivity index (χ0v) is 17.5. The van der Waals surface area contributed by atoms with Crippen molar-refractivity contribution in [2.45, 2.75) is 19.3 Å². The van der Waals surface area contributed by atoms with Crippen molar-refractivity contribution in [3.8, 4) is 17.1 Å². The van der Waals surface area contributed by atoms with Crippen molar-refractivity contribution in [3.05, 3.63) is 60.2 Å². The van der Waals surface area contributed by atoms with Gasteiger partial charge in [-0.15, -0.1) is 0 Å². The molecule has 3 aromatic rings. The number of hydrogen-bond acceptors (Lipinski definition) is 6. The second kappa shape index (κ2) is 9.59. The van der Waals surface area contributed by atoms with E-state index in [9.17, 15) is 9.18 Å². The van der Waals surface area contributed by atoms with Crippen LogP contribution in [0.15, 0.2) is 53.1 Å². The summed E-state index contributed by atoms with van der Waals surface area (Å²) in [5.41, 5.74) is 1.81. The van der Waals surface area contributed by atoms with Crippen molar-refractivity contribution in [1.82, 2.24) is 15.0 Å². The maximum atomic E-state index is 13.1. The summed E-state index contributed by atoms with van der Waals surface area (Å²) in [6.07, 6.45) is 1.60. The fraction of sp³-hybridized carbons (Fsp3) is 0.348. The quantitative estimate of drug-likeness (QED) is 0.603. The van der Waals surface area contributed by atoms with E-state index in [4.69, 9.17) is 9.26 Å². The number of hydrogen-bond donors (Lipinski definition) is 0. The first-order valence-corrected chi connectivity index (χ1v) is 10.4. The van der Waals surface area contributed by atoms with E-state index < -0.39 is 0 Å². The van der Waals surface area contributed by atoms with Crippen molar-refractivity contribution in [2.75, 3.05) is 38.2 Å². The van der Waals surface area contributed by atoms with Gasteiger partial charge in [0.05, 0.1) is 7.11 Å². The molecule has 4 rings (SSSR count). The molecule has 1 fully saturated rings. The topological polar surface area (TPSA) is 71.7 Å². The Hall–Kier alpha value is -3.42. The summed E-state index contributed by atoms with van der Waals surface area (Å²) in [6.45, 7) is 3.10. The number of rotatable bonds is 6. The van der Waals surface area contributed by atoms with E-state index in [2.05, 4.69) is 15.0 Å². The summed E-state index contributed by atoms with van der Waals surface area (Å²) < 4.78 is 23.5. The second-order valence-electron chi connectivity index (χ2n) is 7.44. The molecule has 1 aliphatic heterocycles. The molecule has 0 aliphatic carbocycles. The number of aryl methyl sites for hydroxylation is 1. The minimum atomic E-state index is -0.318. The largest absolute Gasteiger partial charge is 0.497 e. The molecule has 1 aromatic heterocycles. The Morgan fingerprint density at radius 1 is 1.06 bits per heavy atom. The van der Waals surface area contributed by atoms with Crippen molar-refractivity contribution in [3.63, 3.8) is 0 Å². The van der Waals surface area contributed by atoms with Crippen LogP contribution in [-0.2, 0) is 11.2 Å². The Morgan fingerprint density at radius 2 is 1.84 bits per heavy atom. The van der Waals surface area contributed by atoms with Gasteiger partial charge in [-0.2, -0.15) is 4.98 Å². The summed E-state index contributed by atoms with van der Waals surface area (Å²) in [4.78, 5) is 21.2. The summed E-state index contributed by atoms with van der Waals surface area (Å²) in [6, 6.07) is 13.9. The highest BCUT2D eigenvalue weighted by molar-refractivity contribution is 5.76. The van der Waals surface area contributed by atoms with Crippen LogP contribution >= 0.6 is 0 Å². The Morgan fingerprint density at radius 3 is 2.58 bits per heavy atom. The number of amides is 1. The van der Waals surface area contributed by atoms with Gasteiger partial charge in [-0.1, -0.05) is 5.16 Å². The molecular weight excluding hydrogens is 399 g/mol. The number of nitrogens with zero attached hydrogens (tertiary/aromatic N) is 4. The Balaban J connectivity index is 1.29. The fourth-order valence-electron chi connectivity index (χ4n) is 3.66. The molecule has 2 aromatic carbocycles. The summed E-state index contributed by atoms with van der Waals surface area (Å²) in [7, 11) is 1.66. The van der Waals surface area contributed by atoms with E-state index >= 15 is 0 Å². The van der Waals surface area contributed by atoms with Gasteiger partial charge in [-0.3, -0.25) is 4.79 Å². The van der Waals surface area contributed by atoms with Crippen molar-refractivity contribution in [2.24, 2.45) is 0 Å². The lowest BCUT2D eigenvalue weighted by molar-refractivity contribution is -0.131. The van der Waals surface area contributed by atoms with Crippen molar-refractivity contribution < 1.29 is 18.4 Å². The number of methoxy groups -OCH3 is 1. The number of anilines is 1. The number of ether oxygens (including phenoxy) is 1. The molecule has 1 aliphatic rings. The summed E-state index contributed by atoms with van der Waals surface area (Å²) in [5, 5.41) is 3.93. The van der Waals surface area contributed by atoms with E-state index in [1.165, 1.54) is 12.1 Å². The maximum Gasteiger partial charge on any atom is 0.227 e. The molecule has 1 saturated heterocycles. The van der Waals surface area contributed by atoms with Gasteiger partial charge in [-0.25, -0.2) is 4.39 Å². The van der Waals surface area contributed by atoms with Crippen LogP contribution in [0.1, 0.15) is 18.7 Å². The van der Waals surface area contributed by atoms with Crippen LogP contribution in [0, 0.1) is 5.82 Å². The predicted octanol–water partition coefficient (Wildman–Crippen LogP) is 3.56. The lowest BCUT2D eigenvalue weighted by atomic mass is 10.2. The highest BCUT2D eigenvalue weighted by atomic mass is 19.1. The number of carbonyl (C=O) groups is 1. The van der Waals surface area contributed by atoms with Crippen molar-refractivity contribution >= 4 is 11.6 Å². The molecule has 0 N–H and O–H groups in total. The van der Waals surface area contributed by atoms with Crippen molar-refractivity contribution in [1.29, 1.82) is 0 Å². The third kappa shape index (κ3) is 5.20. The van der Waals surface area contributed by atoms with Crippen LogP contribution in [-0.4, -0.2) is 54.2 Å². The van der Waals surface area contributed by atoms with Crippen LogP contribution < -0.4 is 9.64 Å². The zero-order chi connectivity index (χ0) is 21.6. The average Bonchev–Trinajstić information content (AvgIpc) is 3.14. The molecule has 0 atom stereocenters. The molecule has 8 heteroatoms. The van der Waals surface area contributed by atoms with Gasteiger partial charge >= 0.3 is 0 Å². The van der Waals surface area contributed by atoms with E-state index in [1.54, 1.807) is 19.2 Å². The van der Waals surface area contributed by atoms with Gasteiger partial charge in [0.1, 0.15) is 11.6 Å². The minimum absolute atomic E-state index is 0.0816. The van der Waals surface area contributed by atoms with Gasteiger partial charge in [0, 0.05) is 50.3 Å². The Bertz CT molecular complexity index is 1000. The molecular formula is C23H25FN4O3. The smallest absolute Gasteiger partial charge is 0.227 e. The number of halogens is 1. The third-order valence-electron chi connectivity index (χ3n) is 5.41. The molecule has 0 radical (unpaired) electrons. The number of aromatic nitrogens is 2. The first-order chi connectivity index (χ1) is 15.1. The fourth-order valence-corrected chi connectivity index (χ4v) is 3.66. The van der Waals surface area contributed by atoms with E-state index in [-0.39, 0.29) is 11.7 Å². The normalized spacial score (nSPS) is 14.4. The molecule has 0 spiro atoms. The lowest BCUT2D eigenvalue weighted by Gasteiger charge is -2.24. The predicted molar refractivity (Wildman–Crippen MR) is 114 cm³/mol. The van der Waals surface area contributed by atoms with Crippen LogP contribution in [0.25, 0.3) is 11.4 Å². The van der Waals surface area contributed by atoms with Crippen LogP contribution in [0.2, 0.25) is 0 Å². The molecule has 1 amide bonds. The minimum Gasteiger partial charge on any atom is -0.497 e. The third-order valence-corrected chi connectivity index (χ3v) is 5.41. The van der Waals surface area contributed by atoms with Gasteiger partial charge in [0.15, 0.2) is 0 Å². The van der Waals surface area contributed by atoms with Gasteiger partial charge in [0.25, 0.3) is 0 Å². The first-order valence-electron chi connectivity index (χ1n) is 10.4. The van der Waals surface area contributed by atoms with E-state index in [0.29, 0.717) is 36.7 Å². The average molecular weight is 424 g/mol. The molecule has 7 nitrogen and oxygen atoms in total. The lowest BCUT2D eigenvalue weighted by Crippen LogP contribution is -2.35. The first kappa shape index (κ1) is 20.8. The SMILES string of the molecule is COc1ccc(N2CCCN(C(=O)CCc3nc(-c4ccc(F)cc4)no3)CC2)cc1. The molecule has 2 heterocycles. The van der Waals surface area contributed by atoms with Crippen LogP contribution in [0.5, 0.6) is 5.75 Å². The second-order valence-corrected chi connectivity index (χ2v) is 7.44. The van der Waals surface area contributed by atoms with Gasteiger partial charge in [-0.05, 0) is 55.0 Å². The number of carbonyl (C=O) groups excluding carboxylic acids is 1. The maximum absolute atomic E-state index is 13.1.